The van der Waals surface area contributed by atoms with Crippen LogP contribution in [0.25, 0.3) is 0 Å². The molecule has 0 radical (unpaired) electrons. The second-order valence-corrected chi connectivity index (χ2v) is 5.82. The third-order valence-corrected chi connectivity index (χ3v) is 3.77. The maximum Gasteiger partial charge on any atom is 0.253 e. The van der Waals surface area contributed by atoms with E-state index in [0.717, 1.165) is 12.8 Å². The van der Waals surface area contributed by atoms with E-state index in [0.29, 0.717) is 17.4 Å². The average Bonchev–Trinajstić information content (AvgIpc) is 2.26. The molecular weight excluding hydrogens is 243 g/mol. The molecule has 2 atom stereocenters. The number of rotatable bonds is 2. The summed E-state index contributed by atoms with van der Waals surface area (Å²) >= 11 is 0. The number of carbonyl (C=O) groups is 1. The topological polar surface area (TPSA) is 55.1 Å². The molecular formula is C15H21FN2O. The molecule has 0 spiro atoms. The number of anilines is 1. The van der Waals surface area contributed by atoms with Crippen molar-refractivity contribution in [3.05, 3.63) is 29.6 Å². The van der Waals surface area contributed by atoms with Gasteiger partial charge in [-0.2, -0.15) is 0 Å². The fourth-order valence-corrected chi connectivity index (χ4v) is 3.07. The number of amides is 1. The van der Waals surface area contributed by atoms with E-state index in [-0.39, 0.29) is 17.6 Å². The number of nitrogen functional groups attached to an aromatic ring is 1. The highest BCUT2D eigenvalue weighted by atomic mass is 19.1. The first-order valence-corrected chi connectivity index (χ1v) is 6.81. The second-order valence-electron chi connectivity index (χ2n) is 5.82. The Bertz CT molecular complexity index is 465. The maximum absolute atomic E-state index is 13.0. The predicted octanol–water partition coefficient (Wildman–Crippen LogP) is 2.96. The molecule has 1 fully saturated rings. The molecule has 0 bridgehead atoms. The van der Waals surface area contributed by atoms with Crippen LogP contribution in [0.2, 0.25) is 0 Å². The standard InChI is InChI=1S/C15H21FN2O/c1-9-5-10(2)7-12(6-9)18-15(19)13-4-3-11(16)8-14(13)17/h3-4,8-10,12H,5-7,17H2,1-2H3,(H,18,19). The minimum absolute atomic E-state index is 0.189. The summed E-state index contributed by atoms with van der Waals surface area (Å²) in [6, 6.07) is 4.07. The molecule has 2 unspecified atom stereocenters. The van der Waals surface area contributed by atoms with Gasteiger partial charge >= 0.3 is 0 Å². The quantitative estimate of drug-likeness (QED) is 0.807. The highest BCUT2D eigenvalue weighted by Crippen LogP contribution is 2.28. The van der Waals surface area contributed by atoms with E-state index in [1.165, 1.54) is 24.6 Å². The second kappa shape index (κ2) is 5.59. The molecule has 3 N–H and O–H groups in total. The zero-order valence-electron chi connectivity index (χ0n) is 11.4. The van der Waals surface area contributed by atoms with E-state index >= 15 is 0 Å². The minimum atomic E-state index is -0.422. The van der Waals surface area contributed by atoms with Crippen molar-refractivity contribution in [1.29, 1.82) is 0 Å². The normalized spacial score (nSPS) is 27.0. The van der Waals surface area contributed by atoms with Gasteiger partial charge in [-0.25, -0.2) is 4.39 Å². The van der Waals surface area contributed by atoms with Gasteiger partial charge in [0, 0.05) is 11.7 Å². The first-order chi connectivity index (χ1) is 8.95. The molecule has 0 saturated heterocycles. The van der Waals surface area contributed by atoms with Crippen LogP contribution in [-0.2, 0) is 0 Å². The van der Waals surface area contributed by atoms with Crippen molar-refractivity contribution in [3.63, 3.8) is 0 Å². The summed E-state index contributed by atoms with van der Waals surface area (Å²) in [5, 5.41) is 3.01. The summed E-state index contributed by atoms with van der Waals surface area (Å²) in [6.45, 7) is 4.42. The maximum atomic E-state index is 13.0. The van der Waals surface area contributed by atoms with Crippen LogP contribution in [0.5, 0.6) is 0 Å². The monoisotopic (exact) mass is 264 g/mol. The molecule has 2 rings (SSSR count). The highest BCUT2D eigenvalue weighted by Gasteiger charge is 2.25. The summed E-state index contributed by atoms with van der Waals surface area (Å²) in [5.41, 5.74) is 6.22. The number of nitrogens with one attached hydrogen (secondary N) is 1. The molecule has 19 heavy (non-hydrogen) atoms. The van der Waals surface area contributed by atoms with Gasteiger partial charge < -0.3 is 11.1 Å². The van der Waals surface area contributed by atoms with E-state index in [4.69, 9.17) is 5.73 Å². The molecule has 4 heteroatoms. The largest absolute Gasteiger partial charge is 0.398 e. The van der Waals surface area contributed by atoms with E-state index in [9.17, 15) is 9.18 Å². The smallest absolute Gasteiger partial charge is 0.253 e. The lowest BCUT2D eigenvalue weighted by atomic mass is 9.80. The SMILES string of the molecule is CC1CC(C)CC(NC(=O)c2ccc(F)cc2N)C1. The molecule has 104 valence electrons. The van der Waals surface area contributed by atoms with Crippen LogP contribution in [0, 0.1) is 17.7 Å². The van der Waals surface area contributed by atoms with Gasteiger partial charge in [0.25, 0.3) is 5.91 Å². The lowest BCUT2D eigenvalue weighted by Crippen LogP contribution is -2.40. The summed E-state index contributed by atoms with van der Waals surface area (Å²) in [6.07, 6.45) is 3.21. The molecule has 1 amide bonds. The summed E-state index contributed by atoms with van der Waals surface area (Å²) in [7, 11) is 0. The number of hydrogen-bond acceptors (Lipinski definition) is 2. The van der Waals surface area contributed by atoms with Crippen molar-refractivity contribution in [2.24, 2.45) is 11.8 Å². The molecule has 0 aliphatic heterocycles. The van der Waals surface area contributed by atoms with Crippen molar-refractivity contribution in [2.45, 2.75) is 39.2 Å². The van der Waals surface area contributed by atoms with Gasteiger partial charge in [-0.05, 0) is 49.3 Å². The predicted molar refractivity (Wildman–Crippen MR) is 74.2 cm³/mol. The summed E-state index contributed by atoms with van der Waals surface area (Å²) in [5.74, 6) is 0.622. The van der Waals surface area contributed by atoms with Crippen molar-refractivity contribution in [2.75, 3.05) is 5.73 Å². The van der Waals surface area contributed by atoms with Crippen molar-refractivity contribution in [1.82, 2.24) is 5.32 Å². The third kappa shape index (κ3) is 3.46. The number of carbonyl (C=O) groups excluding carboxylic acids is 1. The fourth-order valence-electron chi connectivity index (χ4n) is 3.07. The number of hydrogen-bond donors (Lipinski definition) is 2. The Kier molecular flexibility index (Phi) is 4.08. The van der Waals surface area contributed by atoms with Crippen LogP contribution in [0.4, 0.5) is 10.1 Å². The van der Waals surface area contributed by atoms with E-state index in [1.54, 1.807) is 0 Å². The first kappa shape index (κ1) is 13.8. The Morgan fingerprint density at radius 1 is 1.26 bits per heavy atom. The van der Waals surface area contributed by atoms with Gasteiger partial charge in [0.05, 0.1) is 5.56 Å². The molecule has 1 aromatic carbocycles. The molecule has 1 saturated carbocycles. The lowest BCUT2D eigenvalue weighted by Gasteiger charge is -2.32. The Morgan fingerprint density at radius 2 is 1.89 bits per heavy atom. The third-order valence-electron chi connectivity index (χ3n) is 3.77. The van der Waals surface area contributed by atoms with Gasteiger partial charge in [0.1, 0.15) is 5.82 Å². The van der Waals surface area contributed by atoms with Crippen LogP contribution >= 0.6 is 0 Å². The number of halogens is 1. The fraction of sp³-hybridized carbons (Fsp3) is 0.533. The van der Waals surface area contributed by atoms with Crippen molar-refractivity contribution >= 4 is 11.6 Å². The number of nitrogens with two attached hydrogens (primary N) is 1. The van der Waals surface area contributed by atoms with Crippen LogP contribution in [-0.4, -0.2) is 11.9 Å². The van der Waals surface area contributed by atoms with E-state index in [2.05, 4.69) is 19.2 Å². The summed E-state index contributed by atoms with van der Waals surface area (Å²) in [4.78, 5) is 12.1. The van der Waals surface area contributed by atoms with Crippen molar-refractivity contribution in [3.8, 4) is 0 Å². The van der Waals surface area contributed by atoms with Gasteiger partial charge in [-0.15, -0.1) is 0 Å². The first-order valence-electron chi connectivity index (χ1n) is 6.81. The van der Waals surface area contributed by atoms with E-state index < -0.39 is 5.82 Å². The molecule has 1 aliphatic rings. The molecule has 0 aromatic heterocycles. The van der Waals surface area contributed by atoms with Crippen LogP contribution < -0.4 is 11.1 Å². The Balaban J connectivity index is 2.04. The zero-order valence-corrected chi connectivity index (χ0v) is 11.4. The molecule has 1 aromatic rings. The molecule has 3 nitrogen and oxygen atoms in total. The highest BCUT2D eigenvalue weighted by molar-refractivity contribution is 5.99. The Morgan fingerprint density at radius 3 is 2.47 bits per heavy atom. The van der Waals surface area contributed by atoms with Crippen molar-refractivity contribution < 1.29 is 9.18 Å². The average molecular weight is 264 g/mol. The van der Waals surface area contributed by atoms with Crippen LogP contribution in [0.1, 0.15) is 43.5 Å². The van der Waals surface area contributed by atoms with Crippen LogP contribution in [0.3, 0.4) is 0 Å². The lowest BCUT2D eigenvalue weighted by molar-refractivity contribution is 0.0912. The van der Waals surface area contributed by atoms with Gasteiger partial charge in [-0.3, -0.25) is 4.79 Å². The number of benzene rings is 1. The molecule has 1 aliphatic carbocycles. The molecule has 0 heterocycles. The summed E-state index contributed by atoms with van der Waals surface area (Å²) < 4.78 is 13.0. The van der Waals surface area contributed by atoms with E-state index in [1.807, 2.05) is 0 Å². The minimum Gasteiger partial charge on any atom is -0.398 e. The van der Waals surface area contributed by atoms with Gasteiger partial charge in [0.15, 0.2) is 0 Å². The van der Waals surface area contributed by atoms with Crippen LogP contribution in [0.15, 0.2) is 18.2 Å². The van der Waals surface area contributed by atoms with Gasteiger partial charge in [0.2, 0.25) is 0 Å². The Labute approximate surface area is 113 Å². The zero-order chi connectivity index (χ0) is 14.0. The van der Waals surface area contributed by atoms with Gasteiger partial charge in [-0.1, -0.05) is 13.8 Å². The Hall–Kier alpha value is -1.58.